The third-order valence-corrected chi connectivity index (χ3v) is 12.3. The van der Waals surface area contributed by atoms with Gasteiger partial charge in [-0.1, -0.05) is 176 Å². The molecule has 2 aliphatic heterocycles. The summed E-state index contributed by atoms with van der Waals surface area (Å²) in [6.07, 6.45) is 5.21. The molecule has 0 saturated heterocycles. The van der Waals surface area contributed by atoms with Crippen LogP contribution >= 0.6 is 0 Å². The quantitative estimate of drug-likeness (QED) is 0.0906. The SMILES string of the molecule is [2H]c1c([2H])c([2H])c(-c2cccc(-c3c([2H])c([2H])c([2H])c([2H])c3[2H])c2-[n+]2[c-]n(-c3cccc(Oc4ccc5c(c4)N(c4ccccn4)B4Oc6ccccc6-c6ccccc6-c6ccccc6N45)c3)c3ccccc32)c([2H])c1[2H]. The van der Waals surface area contributed by atoms with E-state index in [0.29, 0.717) is 39.8 Å². The van der Waals surface area contributed by atoms with Crippen LogP contribution in [0.1, 0.15) is 13.7 Å². The van der Waals surface area contributed by atoms with Crippen LogP contribution in [0, 0.1) is 6.33 Å². The number of para-hydroxylation sites is 5. The molecule has 0 unspecified atom stereocenters. The summed E-state index contributed by atoms with van der Waals surface area (Å²) in [5.41, 5.74) is 8.64. The van der Waals surface area contributed by atoms with Crippen molar-refractivity contribution < 1.29 is 27.7 Å². The molecule has 0 aliphatic carbocycles. The lowest BCUT2D eigenvalue weighted by Gasteiger charge is -2.28. The first-order valence-corrected chi connectivity index (χ1v) is 22.0. The van der Waals surface area contributed by atoms with Gasteiger partial charge in [0.25, 0.3) is 6.33 Å². The molecular formula is C60H40BN5O2. The van der Waals surface area contributed by atoms with E-state index < -0.39 is 67.6 Å². The lowest BCUT2D eigenvalue weighted by molar-refractivity contribution is -0.571. The molecular weight excluding hydrogens is 834 g/mol. The third-order valence-electron chi connectivity index (χ3n) is 12.3. The largest absolute Gasteiger partial charge is 0.629 e. The van der Waals surface area contributed by atoms with Crippen LogP contribution in [0.5, 0.6) is 17.2 Å². The van der Waals surface area contributed by atoms with Crippen molar-refractivity contribution in [2.75, 3.05) is 9.62 Å². The second kappa shape index (κ2) is 16.4. The Morgan fingerprint density at radius 2 is 1.15 bits per heavy atom. The number of hydrogen-bond acceptors (Lipinski definition) is 5. The normalized spacial score (nSPS) is 14.5. The molecule has 0 amide bonds. The van der Waals surface area contributed by atoms with Crippen molar-refractivity contribution >= 4 is 41.1 Å². The van der Waals surface area contributed by atoms with Crippen LogP contribution < -0.4 is 23.6 Å². The van der Waals surface area contributed by atoms with Crippen molar-refractivity contribution in [1.82, 2.24) is 9.55 Å². The molecule has 11 aromatic rings. The van der Waals surface area contributed by atoms with Crippen LogP contribution in [-0.4, -0.2) is 16.7 Å². The standard InChI is InChI=1S/C60H40BN5O2/c1-3-19-42(20-4-1)47-29-18-30-48(43-21-5-2-6-22-43)60(47)64-41-63(54-32-12-13-33-55(54)64)44-23-17-24-45(39-44)67-46-36-37-56-57(40-46)66(59-35-15-16-38-62-59)61-65(56)53-31-11-9-27-51(53)49-25-7-8-26-50(49)52-28-10-14-34-58(52)68-61/h1-40H/i1D,2D,3D,4D,5D,6D,19D,20D,21D,22D. The number of ether oxygens (including phenoxy) is 1. The minimum Gasteiger partial charge on any atom is -0.522 e. The number of pyridine rings is 1. The lowest BCUT2D eigenvalue weighted by Crippen LogP contribution is -2.49. The molecule has 0 atom stereocenters. The topological polar surface area (TPSA) is 46.6 Å². The second-order valence-corrected chi connectivity index (χ2v) is 16.1. The van der Waals surface area contributed by atoms with E-state index in [9.17, 15) is 0 Å². The van der Waals surface area contributed by atoms with E-state index >= 15 is 0 Å². The predicted molar refractivity (Wildman–Crippen MR) is 273 cm³/mol. The van der Waals surface area contributed by atoms with Gasteiger partial charge in [0.15, 0.2) is 0 Å². The highest BCUT2D eigenvalue weighted by Crippen LogP contribution is 2.52. The van der Waals surface area contributed by atoms with Crippen molar-refractivity contribution in [2.45, 2.75) is 0 Å². The maximum atomic E-state index is 9.07. The summed E-state index contributed by atoms with van der Waals surface area (Å²) in [6.45, 7) is 0. The molecule has 68 heavy (non-hydrogen) atoms. The van der Waals surface area contributed by atoms with Crippen LogP contribution in [0.4, 0.5) is 22.9 Å². The Bertz CT molecular complexity index is 4150. The number of imidazole rings is 1. The molecule has 0 saturated carbocycles. The van der Waals surface area contributed by atoms with Crippen molar-refractivity contribution in [1.29, 1.82) is 0 Å². The van der Waals surface area contributed by atoms with Gasteiger partial charge in [-0.15, -0.1) is 0 Å². The second-order valence-electron chi connectivity index (χ2n) is 16.1. The Morgan fingerprint density at radius 3 is 1.91 bits per heavy atom. The molecule has 0 fully saturated rings. The first-order chi connectivity index (χ1) is 37.9. The zero-order chi connectivity index (χ0) is 53.7. The number of aromatic nitrogens is 3. The van der Waals surface area contributed by atoms with Crippen LogP contribution in [0.25, 0.3) is 66.9 Å². The highest BCUT2D eigenvalue weighted by Gasteiger charge is 2.49. The Hall–Kier alpha value is -9.14. The predicted octanol–water partition coefficient (Wildman–Crippen LogP) is 14.2. The van der Waals surface area contributed by atoms with Gasteiger partial charge in [-0.05, 0) is 88.0 Å². The summed E-state index contributed by atoms with van der Waals surface area (Å²) in [5.74, 6) is 2.35. The van der Waals surface area contributed by atoms with Crippen LogP contribution in [0.15, 0.2) is 243 Å². The van der Waals surface area contributed by atoms with Crippen molar-refractivity contribution in [3.8, 4) is 73.1 Å². The number of fused-ring (bicyclic) bond motifs is 10. The van der Waals surface area contributed by atoms with E-state index in [0.717, 1.165) is 39.3 Å². The molecule has 0 spiro atoms. The Balaban J connectivity index is 0.953. The van der Waals surface area contributed by atoms with E-state index in [4.69, 9.17) is 28.1 Å². The molecule has 2 aliphatic rings. The van der Waals surface area contributed by atoms with Gasteiger partial charge in [0.2, 0.25) is 0 Å². The fourth-order valence-corrected chi connectivity index (χ4v) is 9.37. The van der Waals surface area contributed by atoms with Crippen LogP contribution in [-0.2, 0) is 0 Å². The molecule has 0 N–H and O–H groups in total. The fraction of sp³-hybridized carbons (Fsp3) is 0. The minimum absolute atomic E-state index is 0.141. The molecule has 9 aromatic carbocycles. The van der Waals surface area contributed by atoms with Crippen LogP contribution in [0.3, 0.4) is 0 Å². The number of rotatable bonds is 7. The van der Waals surface area contributed by atoms with Crippen molar-refractivity contribution in [3.63, 3.8) is 0 Å². The molecule has 320 valence electrons. The first-order valence-electron chi connectivity index (χ1n) is 27.0. The summed E-state index contributed by atoms with van der Waals surface area (Å²) in [5, 5.41) is 0. The lowest BCUT2D eigenvalue weighted by atomic mass is 9.91. The van der Waals surface area contributed by atoms with Gasteiger partial charge in [-0.2, -0.15) is 0 Å². The molecule has 13 rings (SSSR count). The number of anilines is 4. The third kappa shape index (κ3) is 6.61. The summed E-state index contributed by atoms with van der Waals surface area (Å²) < 4.78 is 105. The van der Waals surface area contributed by atoms with Crippen molar-refractivity contribution in [3.05, 3.63) is 249 Å². The van der Waals surface area contributed by atoms with Gasteiger partial charge in [-0.3, -0.25) is 9.13 Å². The first kappa shape index (κ1) is 30.1. The monoisotopic (exact) mass is 883 g/mol. The number of benzene rings is 9. The maximum absolute atomic E-state index is 9.07. The zero-order valence-electron chi connectivity index (χ0n) is 46.0. The Kier molecular flexibility index (Phi) is 7.26. The summed E-state index contributed by atoms with van der Waals surface area (Å²) >= 11 is 0. The molecule has 4 heterocycles. The smallest absolute Gasteiger partial charge is 0.522 e. The van der Waals surface area contributed by atoms with E-state index in [2.05, 4.69) is 52.3 Å². The number of nitrogens with zero attached hydrogens (tertiary/aromatic N) is 5. The summed E-state index contributed by atoms with van der Waals surface area (Å²) in [6, 6.07) is 50.7. The Labute approximate surface area is 408 Å². The molecule has 0 bridgehead atoms. The van der Waals surface area contributed by atoms with E-state index in [-0.39, 0.29) is 27.9 Å². The summed E-state index contributed by atoms with van der Waals surface area (Å²) in [4.78, 5) is 9.13. The van der Waals surface area contributed by atoms with Gasteiger partial charge in [-0.25, -0.2) is 4.98 Å². The Morgan fingerprint density at radius 1 is 0.515 bits per heavy atom. The number of hydrogen-bond donors (Lipinski definition) is 0. The molecule has 0 radical (unpaired) electrons. The van der Waals surface area contributed by atoms with E-state index in [1.54, 1.807) is 33.5 Å². The highest BCUT2D eigenvalue weighted by atomic mass is 16.5. The zero-order valence-corrected chi connectivity index (χ0v) is 36.0. The average Bonchev–Trinajstić information content (AvgIpc) is 4.18. The molecule has 2 aromatic heterocycles. The van der Waals surface area contributed by atoms with Gasteiger partial charge in [0.05, 0.1) is 47.5 Å². The average molecular weight is 884 g/mol. The summed E-state index contributed by atoms with van der Waals surface area (Å²) in [7, 11) is -0.721. The van der Waals surface area contributed by atoms with Gasteiger partial charge in [0.1, 0.15) is 23.1 Å². The van der Waals surface area contributed by atoms with Gasteiger partial charge >= 0.3 is 7.19 Å². The fourth-order valence-electron chi connectivity index (χ4n) is 9.37. The van der Waals surface area contributed by atoms with E-state index in [1.807, 2.05) is 121 Å². The maximum Gasteiger partial charge on any atom is 0.629 e. The van der Waals surface area contributed by atoms with E-state index in [1.165, 1.54) is 0 Å². The highest BCUT2D eigenvalue weighted by molar-refractivity contribution is 6.68. The van der Waals surface area contributed by atoms with Crippen LogP contribution in [0.2, 0.25) is 0 Å². The molecule has 7 nitrogen and oxygen atoms in total. The minimum atomic E-state index is -0.721. The molecule has 8 heteroatoms. The van der Waals surface area contributed by atoms with Crippen molar-refractivity contribution in [2.24, 2.45) is 0 Å². The van der Waals surface area contributed by atoms with Gasteiger partial charge in [0, 0.05) is 29.1 Å². The van der Waals surface area contributed by atoms with Gasteiger partial charge < -0.3 is 19.0 Å².